The Morgan fingerprint density at radius 2 is 1.94 bits per heavy atom. The van der Waals surface area contributed by atoms with Gasteiger partial charge in [-0.15, -0.1) is 0 Å². The Morgan fingerprint density at radius 3 is 2.56 bits per heavy atom. The van der Waals surface area contributed by atoms with Crippen molar-refractivity contribution in [2.24, 2.45) is 0 Å². The van der Waals surface area contributed by atoms with Gasteiger partial charge in [-0.3, -0.25) is 23.9 Å². The van der Waals surface area contributed by atoms with Crippen LogP contribution in [0.4, 0.5) is 5.82 Å². The van der Waals surface area contributed by atoms with Gasteiger partial charge >= 0.3 is 5.69 Å². The lowest BCUT2D eigenvalue weighted by Crippen LogP contribution is -2.38. The van der Waals surface area contributed by atoms with Crippen molar-refractivity contribution in [1.29, 1.82) is 0 Å². The van der Waals surface area contributed by atoms with Gasteiger partial charge in [0.15, 0.2) is 0 Å². The molecule has 0 aliphatic rings. The average molecular weight is 456 g/mol. The highest BCUT2D eigenvalue weighted by molar-refractivity contribution is 6.31. The molecule has 32 heavy (non-hydrogen) atoms. The fourth-order valence-electron chi connectivity index (χ4n) is 3.39. The Balaban J connectivity index is 2.22. The number of pyridine rings is 2. The maximum atomic E-state index is 13.5. The normalized spacial score (nSPS) is 10.9. The molecule has 3 heterocycles. The number of aromatic nitrogens is 4. The lowest BCUT2D eigenvalue weighted by atomic mass is 9.98. The Bertz CT molecular complexity index is 1310. The van der Waals surface area contributed by atoms with Gasteiger partial charge in [0.05, 0.1) is 6.54 Å². The maximum absolute atomic E-state index is 13.5. The summed E-state index contributed by atoms with van der Waals surface area (Å²) in [5.41, 5.74) is -0.0941. The van der Waals surface area contributed by atoms with E-state index >= 15 is 0 Å². The van der Waals surface area contributed by atoms with Gasteiger partial charge in [-0.2, -0.15) is 0 Å². The summed E-state index contributed by atoms with van der Waals surface area (Å²) in [5, 5.41) is 2.89. The standard InChI is InChI=1S/C22H22ClN5O4/c1-11(2)18-19(20(30)16-9-15(23)7-12(3)25-16)28(22(32)27-21(18)31)10-14-5-6-24-17(8-14)26-13(4)29/h5-9,11H,10H2,1-4H3,(H,24,26,29)(H,27,31,32). The van der Waals surface area contributed by atoms with Crippen molar-refractivity contribution < 1.29 is 9.59 Å². The average Bonchev–Trinajstić information content (AvgIpc) is 2.68. The molecule has 0 radical (unpaired) electrons. The van der Waals surface area contributed by atoms with E-state index in [1.807, 2.05) is 0 Å². The summed E-state index contributed by atoms with van der Waals surface area (Å²) in [4.78, 5) is 60.9. The van der Waals surface area contributed by atoms with E-state index < -0.39 is 17.0 Å². The third-order valence-corrected chi connectivity index (χ3v) is 4.87. The van der Waals surface area contributed by atoms with E-state index in [1.54, 1.807) is 39.0 Å². The number of H-pyrrole nitrogens is 1. The third-order valence-electron chi connectivity index (χ3n) is 4.65. The van der Waals surface area contributed by atoms with Crippen LogP contribution in [0.1, 0.15) is 59.7 Å². The van der Waals surface area contributed by atoms with Crippen LogP contribution in [0.5, 0.6) is 0 Å². The van der Waals surface area contributed by atoms with E-state index in [0.29, 0.717) is 22.1 Å². The van der Waals surface area contributed by atoms with Crippen LogP contribution in [0.25, 0.3) is 0 Å². The molecule has 9 nitrogen and oxygen atoms in total. The lowest BCUT2D eigenvalue weighted by Gasteiger charge is -2.17. The number of ketones is 1. The summed E-state index contributed by atoms with van der Waals surface area (Å²) in [6.07, 6.45) is 1.48. The van der Waals surface area contributed by atoms with E-state index in [1.165, 1.54) is 23.8 Å². The van der Waals surface area contributed by atoms with E-state index in [-0.39, 0.29) is 35.3 Å². The Labute approximate surface area is 188 Å². The molecule has 2 N–H and O–H groups in total. The topological polar surface area (TPSA) is 127 Å². The molecule has 3 aromatic heterocycles. The molecule has 3 aromatic rings. The molecule has 0 saturated carbocycles. The summed E-state index contributed by atoms with van der Waals surface area (Å²) >= 11 is 6.10. The molecule has 0 aliphatic carbocycles. The Morgan fingerprint density at radius 1 is 1.22 bits per heavy atom. The van der Waals surface area contributed by atoms with Crippen molar-refractivity contribution >= 4 is 29.1 Å². The fourth-order valence-corrected chi connectivity index (χ4v) is 3.65. The van der Waals surface area contributed by atoms with E-state index in [9.17, 15) is 19.2 Å². The number of amides is 1. The van der Waals surface area contributed by atoms with Gasteiger partial charge in [-0.05, 0) is 42.7 Å². The number of anilines is 1. The fraction of sp³-hybridized carbons (Fsp3) is 0.273. The maximum Gasteiger partial charge on any atom is 0.329 e. The monoisotopic (exact) mass is 455 g/mol. The number of aryl methyl sites for hydroxylation is 1. The molecule has 0 spiro atoms. The highest BCUT2D eigenvalue weighted by Crippen LogP contribution is 2.21. The second-order valence-electron chi connectivity index (χ2n) is 7.63. The summed E-state index contributed by atoms with van der Waals surface area (Å²) in [5.74, 6) is -0.927. The molecule has 3 rings (SSSR count). The minimum atomic E-state index is -0.737. The minimum absolute atomic E-state index is 0.0318. The number of carbonyl (C=O) groups is 2. The molecule has 0 bridgehead atoms. The van der Waals surface area contributed by atoms with Crippen LogP contribution in [0.2, 0.25) is 5.02 Å². The van der Waals surface area contributed by atoms with Gasteiger partial charge in [-0.25, -0.2) is 14.8 Å². The molecule has 166 valence electrons. The molecule has 0 atom stereocenters. The van der Waals surface area contributed by atoms with Crippen LogP contribution in [0.15, 0.2) is 40.1 Å². The second-order valence-corrected chi connectivity index (χ2v) is 8.07. The SMILES string of the molecule is CC(=O)Nc1cc(Cn2c(C(=O)c3cc(Cl)cc(C)n3)c(C(C)C)c(=O)[nH]c2=O)ccn1. The van der Waals surface area contributed by atoms with Crippen molar-refractivity contribution in [2.45, 2.75) is 40.2 Å². The highest BCUT2D eigenvalue weighted by Gasteiger charge is 2.26. The van der Waals surface area contributed by atoms with Crippen molar-refractivity contribution in [1.82, 2.24) is 19.5 Å². The Kier molecular flexibility index (Phi) is 6.69. The zero-order chi connectivity index (χ0) is 23.6. The molecular weight excluding hydrogens is 434 g/mol. The summed E-state index contributed by atoms with van der Waals surface area (Å²) in [7, 11) is 0. The second kappa shape index (κ2) is 9.27. The molecule has 10 heteroatoms. The molecule has 0 fully saturated rings. The molecular formula is C22H22ClN5O4. The van der Waals surface area contributed by atoms with Gasteiger partial charge in [0.1, 0.15) is 17.2 Å². The van der Waals surface area contributed by atoms with Crippen LogP contribution in [-0.2, 0) is 11.3 Å². The number of halogens is 1. The van der Waals surface area contributed by atoms with Crippen molar-refractivity contribution in [3.63, 3.8) is 0 Å². The zero-order valence-corrected chi connectivity index (χ0v) is 18.8. The molecule has 0 aliphatic heterocycles. The number of aromatic amines is 1. The first-order valence-corrected chi connectivity index (χ1v) is 10.2. The largest absolute Gasteiger partial charge is 0.329 e. The number of rotatable bonds is 6. The van der Waals surface area contributed by atoms with Crippen LogP contribution in [0.3, 0.4) is 0 Å². The van der Waals surface area contributed by atoms with Gasteiger partial charge in [-0.1, -0.05) is 25.4 Å². The van der Waals surface area contributed by atoms with Crippen molar-refractivity contribution in [3.8, 4) is 0 Å². The van der Waals surface area contributed by atoms with Gasteiger partial charge in [0.2, 0.25) is 11.7 Å². The highest BCUT2D eigenvalue weighted by atomic mass is 35.5. The summed E-state index contributed by atoms with van der Waals surface area (Å²) < 4.78 is 1.20. The predicted octanol–water partition coefficient (Wildman–Crippen LogP) is 2.65. The van der Waals surface area contributed by atoms with E-state index in [2.05, 4.69) is 20.3 Å². The molecule has 0 aromatic carbocycles. The van der Waals surface area contributed by atoms with Gasteiger partial charge in [0.25, 0.3) is 5.56 Å². The number of hydrogen-bond donors (Lipinski definition) is 2. The first-order chi connectivity index (χ1) is 15.1. The summed E-state index contributed by atoms with van der Waals surface area (Å²) in [6, 6.07) is 6.24. The quantitative estimate of drug-likeness (QED) is 0.550. The molecule has 1 amide bonds. The number of nitrogens with zero attached hydrogens (tertiary/aromatic N) is 3. The first-order valence-electron chi connectivity index (χ1n) is 9.85. The van der Waals surface area contributed by atoms with Crippen LogP contribution < -0.4 is 16.6 Å². The first kappa shape index (κ1) is 23.1. The minimum Gasteiger partial charge on any atom is -0.311 e. The number of nitrogens with one attached hydrogen (secondary N) is 2. The van der Waals surface area contributed by atoms with E-state index in [0.717, 1.165) is 0 Å². The predicted molar refractivity (Wildman–Crippen MR) is 120 cm³/mol. The van der Waals surface area contributed by atoms with E-state index in [4.69, 9.17) is 11.6 Å². The van der Waals surface area contributed by atoms with Crippen LogP contribution >= 0.6 is 11.6 Å². The van der Waals surface area contributed by atoms with Crippen LogP contribution in [0, 0.1) is 6.92 Å². The van der Waals surface area contributed by atoms with Crippen molar-refractivity contribution in [2.75, 3.05) is 5.32 Å². The lowest BCUT2D eigenvalue weighted by molar-refractivity contribution is -0.114. The smallest absolute Gasteiger partial charge is 0.311 e. The Hall–Kier alpha value is -3.59. The van der Waals surface area contributed by atoms with Crippen LogP contribution in [-0.4, -0.2) is 31.2 Å². The number of hydrogen-bond acceptors (Lipinski definition) is 6. The van der Waals surface area contributed by atoms with Gasteiger partial charge < -0.3 is 5.32 Å². The molecule has 0 unspecified atom stereocenters. The van der Waals surface area contributed by atoms with Crippen molar-refractivity contribution in [3.05, 3.63) is 84.5 Å². The molecule has 0 saturated heterocycles. The number of carbonyl (C=O) groups excluding carboxylic acids is 2. The zero-order valence-electron chi connectivity index (χ0n) is 18.0. The van der Waals surface area contributed by atoms with Gasteiger partial charge in [0, 0.05) is 29.4 Å². The third kappa shape index (κ3) is 5.00. The summed E-state index contributed by atoms with van der Waals surface area (Å²) in [6.45, 7) is 6.53.